The van der Waals surface area contributed by atoms with Gasteiger partial charge in [-0.15, -0.1) is 0 Å². The van der Waals surface area contributed by atoms with Gasteiger partial charge in [-0.25, -0.2) is 4.79 Å². The van der Waals surface area contributed by atoms with Crippen molar-refractivity contribution in [3.8, 4) is 0 Å². The lowest BCUT2D eigenvalue weighted by Crippen LogP contribution is -2.59. The molecule has 2 unspecified atom stereocenters. The first-order chi connectivity index (χ1) is 13.1. The number of aliphatic hydroxyl groups is 1. The summed E-state index contributed by atoms with van der Waals surface area (Å²) in [5.74, 6) is 0. The molecular weight excluding hydrogens is 340 g/mol. The fourth-order valence-electron chi connectivity index (χ4n) is 4.72. The number of rotatable bonds is 3. The number of aryl methyl sites for hydroxylation is 1. The lowest BCUT2D eigenvalue weighted by atomic mass is 9.72. The minimum absolute atomic E-state index is 0.00498. The summed E-state index contributed by atoms with van der Waals surface area (Å²) in [5.41, 5.74) is 1.80. The third-order valence-corrected chi connectivity index (χ3v) is 5.93. The lowest BCUT2D eigenvalue weighted by Gasteiger charge is -2.51. The highest BCUT2D eigenvalue weighted by Gasteiger charge is 2.49. The minimum atomic E-state index is -0.926. The number of carbonyl (C=O) groups excluding carboxylic acids is 1. The average Bonchev–Trinajstić information content (AvgIpc) is 2.66. The summed E-state index contributed by atoms with van der Waals surface area (Å²) < 4.78 is 5.59. The molecule has 0 aliphatic carbocycles. The molecule has 1 N–H and O–H groups in total. The van der Waals surface area contributed by atoms with Crippen LogP contribution in [0.3, 0.4) is 0 Å². The van der Waals surface area contributed by atoms with Crippen LogP contribution in [0.1, 0.15) is 48.9 Å². The first-order valence-corrected chi connectivity index (χ1v) is 9.70. The fraction of sp³-hybridized carbons (Fsp3) is 0.455. The van der Waals surface area contributed by atoms with Crippen molar-refractivity contribution in [2.45, 2.75) is 63.3 Å². The number of ether oxygens (including phenoxy) is 1. The van der Waals surface area contributed by atoms with Crippen LogP contribution in [0.2, 0.25) is 0 Å². The van der Waals surface area contributed by atoms with E-state index in [1.807, 2.05) is 54.3 Å². The van der Waals surface area contributed by atoms with Gasteiger partial charge in [0.15, 0.2) is 0 Å². The molecule has 3 heterocycles. The van der Waals surface area contributed by atoms with Crippen molar-refractivity contribution in [1.29, 1.82) is 0 Å². The largest absolute Gasteiger partial charge is 0.445 e. The van der Waals surface area contributed by atoms with Crippen LogP contribution in [0.5, 0.6) is 0 Å². The maximum atomic E-state index is 12.8. The number of hydrogen-bond donors (Lipinski definition) is 1. The van der Waals surface area contributed by atoms with Crippen LogP contribution in [0, 0.1) is 6.92 Å². The topological polar surface area (TPSA) is 62.7 Å². The Hall–Kier alpha value is -2.40. The van der Waals surface area contributed by atoms with Crippen molar-refractivity contribution < 1.29 is 14.6 Å². The third-order valence-electron chi connectivity index (χ3n) is 5.93. The average molecular weight is 366 g/mol. The molecule has 2 atom stereocenters. The first kappa shape index (κ1) is 18.0. The van der Waals surface area contributed by atoms with E-state index in [0.29, 0.717) is 12.8 Å². The molecule has 1 amide bonds. The van der Waals surface area contributed by atoms with Crippen molar-refractivity contribution in [3.05, 3.63) is 65.5 Å². The Bertz CT molecular complexity index is 794. The van der Waals surface area contributed by atoms with Crippen LogP contribution >= 0.6 is 0 Å². The van der Waals surface area contributed by atoms with Crippen molar-refractivity contribution in [2.24, 2.45) is 0 Å². The van der Waals surface area contributed by atoms with E-state index >= 15 is 0 Å². The normalized spacial score (nSPS) is 27.3. The number of amides is 1. The van der Waals surface area contributed by atoms with Crippen molar-refractivity contribution in [1.82, 2.24) is 9.88 Å². The monoisotopic (exact) mass is 366 g/mol. The van der Waals surface area contributed by atoms with Crippen molar-refractivity contribution in [2.75, 3.05) is 0 Å². The predicted octanol–water partition coefficient (Wildman–Crippen LogP) is 3.93. The minimum Gasteiger partial charge on any atom is -0.445 e. The van der Waals surface area contributed by atoms with Crippen molar-refractivity contribution >= 4 is 6.09 Å². The maximum Gasteiger partial charge on any atom is 0.410 e. The van der Waals surface area contributed by atoms with Gasteiger partial charge in [-0.1, -0.05) is 36.4 Å². The predicted molar refractivity (Wildman–Crippen MR) is 102 cm³/mol. The second-order valence-corrected chi connectivity index (χ2v) is 7.76. The number of pyridine rings is 1. The molecule has 2 fully saturated rings. The summed E-state index contributed by atoms with van der Waals surface area (Å²) in [6, 6.07) is 13.6. The Morgan fingerprint density at radius 2 is 1.89 bits per heavy atom. The molecule has 2 aromatic rings. The summed E-state index contributed by atoms with van der Waals surface area (Å²) in [4.78, 5) is 19.0. The smallest absolute Gasteiger partial charge is 0.410 e. The molecule has 5 nitrogen and oxygen atoms in total. The molecule has 5 heteroatoms. The highest BCUT2D eigenvalue weighted by Crippen LogP contribution is 2.45. The van der Waals surface area contributed by atoms with E-state index in [-0.39, 0.29) is 24.8 Å². The van der Waals surface area contributed by atoms with Gasteiger partial charge in [0.25, 0.3) is 0 Å². The highest BCUT2D eigenvalue weighted by molar-refractivity contribution is 5.69. The molecule has 1 aromatic carbocycles. The van der Waals surface area contributed by atoms with Gasteiger partial charge < -0.3 is 14.7 Å². The summed E-state index contributed by atoms with van der Waals surface area (Å²) >= 11 is 0. The van der Waals surface area contributed by atoms with Gasteiger partial charge in [-0.3, -0.25) is 4.98 Å². The zero-order chi connectivity index (χ0) is 18.9. The number of aromatic nitrogens is 1. The Morgan fingerprint density at radius 1 is 1.19 bits per heavy atom. The molecule has 27 heavy (non-hydrogen) atoms. The van der Waals surface area contributed by atoms with Crippen LogP contribution in [0.4, 0.5) is 4.79 Å². The zero-order valence-electron chi connectivity index (χ0n) is 15.7. The quantitative estimate of drug-likeness (QED) is 0.894. The standard InChI is InChI=1S/C22H26N2O3/c1-16-20(11-6-12-23-16)22(26)13-18-9-5-10-19(14-22)24(18)21(25)27-15-17-7-3-2-4-8-17/h2-4,6-8,11-12,18-19,26H,5,9-10,13-15H2,1H3. The van der Waals surface area contributed by atoms with Crippen LogP contribution in [-0.4, -0.2) is 33.2 Å². The molecule has 2 saturated heterocycles. The summed E-state index contributed by atoms with van der Waals surface area (Å²) in [6.45, 7) is 2.21. The molecule has 0 spiro atoms. The van der Waals surface area contributed by atoms with Gasteiger partial charge in [-0.05, 0) is 37.8 Å². The van der Waals surface area contributed by atoms with E-state index in [1.165, 1.54) is 0 Å². The number of carbonyl (C=O) groups is 1. The van der Waals surface area contributed by atoms with E-state index < -0.39 is 5.60 Å². The first-order valence-electron chi connectivity index (χ1n) is 9.70. The van der Waals surface area contributed by atoms with Gasteiger partial charge in [-0.2, -0.15) is 0 Å². The molecular formula is C22H26N2O3. The van der Waals surface area contributed by atoms with Crippen LogP contribution in [0.15, 0.2) is 48.7 Å². The summed E-state index contributed by atoms with van der Waals surface area (Å²) in [7, 11) is 0. The molecule has 2 aliphatic rings. The van der Waals surface area contributed by atoms with Crippen LogP contribution in [-0.2, 0) is 16.9 Å². The SMILES string of the molecule is Cc1ncccc1C1(O)CC2CCCC(C1)N2C(=O)OCc1ccccc1. The van der Waals surface area contributed by atoms with Gasteiger partial charge in [0.05, 0.1) is 5.60 Å². The second-order valence-electron chi connectivity index (χ2n) is 7.76. The molecule has 4 rings (SSSR count). The zero-order valence-corrected chi connectivity index (χ0v) is 15.7. The Morgan fingerprint density at radius 3 is 2.56 bits per heavy atom. The second kappa shape index (κ2) is 7.31. The van der Waals surface area contributed by atoms with Crippen LogP contribution < -0.4 is 0 Å². The van der Waals surface area contributed by atoms with Crippen molar-refractivity contribution in [3.63, 3.8) is 0 Å². The van der Waals surface area contributed by atoms with E-state index in [9.17, 15) is 9.90 Å². The molecule has 1 aromatic heterocycles. The van der Waals surface area contributed by atoms with Gasteiger partial charge >= 0.3 is 6.09 Å². The molecule has 2 bridgehead atoms. The van der Waals surface area contributed by atoms with Gasteiger partial charge in [0, 0.05) is 42.4 Å². The summed E-state index contributed by atoms with van der Waals surface area (Å²) in [6.07, 6.45) is 5.45. The van der Waals surface area contributed by atoms with Crippen LogP contribution in [0.25, 0.3) is 0 Å². The van der Waals surface area contributed by atoms with Gasteiger partial charge in [0.2, 0.25) is 0 Å². The van der Waals surface area contributed by atoms with E-state index in [1.54, 1.807) is 6.20 Å². The Balaban J connectivity index is 1.50. The number of benzene rings is 1. The Labute approximate surface area is 160 Å². The lowest BCUT2D eigenvalue weighted by molar-refractivity contribution is -0.0900. The molecule has 0 saturated carbocycles. The summed E-state index contributed by atoms with van der Waals surface area (Å²) in [5, 5.41) is 11.4. The van der Waals surface area contributed by atoms with E-state index in [4.69, 9.17) is 4.74 Å². The number of piperidine rings is 2. The molecule has 2 aliphatic heterocycles. The molecule has 0 radical (unpaired) electrons. The van der Waals surface area contributed by atoms with E-state index in [0.717, 1.165) is 36.1 Å². The number of nitrogens with zero attached hydrogens (tertiary/aromatic N) is 2. The van der Waals surface area contributed by atoms with Gasteiger partial charge in [0.1, 0.15) is 6.61 Å². The number of fused-ring (bicyclic) bond motifs is 2. The fourth-order valence-corrected chi connectivity index (χ4v) is 4.72. The Kier molecular flexibility index (Phi) is 4.87. The number of hydrogen-bond acceptors (Lipinski definition) is 4. The molecule has 142 valence electrons. The highest BCUT2D eigenvalue weighted by atomic mass is 16.6. The third kappa shape index (κ3) is 3.56. The van der Waals surface area contributed by atoms with E-state index in [2.05, 4.69) is 4.98 Å². The maximum absolute atomic E-state index is 12.8.